The first-order valence-corrected chi connectivity index (χ1v) is 5.68. The molecule has 0 saturated carbocycles. The number of carboxylic acid groups (broad SMARTS) is 1. The summed E-state index contributed by atoms with van der Waals surface area (Å²) in [6.07, 6.45) is 9.58. The van der Waals surface area contributed by atoms with Gasteiger partial charge in [0.15, 0.2) is 0 Å². The lowest BCUT2D eigenvalue weighted by Gasteiger charge is -2.15. The molecule has 96 valence electrons. The summed E-state index contributed by atoms with van der Waals surface area (Å²) in [6.45, 7) is 4.53. The first-order valence-electron chi connectivity index (χ1n) is 5.68. The zero-order valence-corrected chi connectivity index (χ0v) is 10.4. The van der Waals surface area contributed by atoms with Crippen molar-refractivity contribution < 1.29 is 9.90 Å². The molecule has 0 bridgehead atoms. The summed E-state index contributed by atoms with van der Waals surface area (Å²) in [6, 6.07) is 0. The summed E-state index contributed by atoms with van der Waals surface area (Å²) in [5.74, 6) is -0.354. The highest BCUT2D eigenvalue weighted by atomic mass is 16.4. The molecule has 1 heterocycles. The van der Waals surface area contributed by atoms with Gasteiger partial charge in [0.05, 0.1) is 0 Å². The zero-order chi connectivity index (χ0) is 13.4. The van der Waals surface area contributed by atoms with Crippen molar-refractivity contribution in [3.8, 4) is 0 Å². The molecule has 0 radical (unpaired) electrons. The van der Waals surface area contributed by atoms with Crippen molar-refractivity contribution in [1.82, 2.24) is 9.97 Å². The summed E-state index contributed by atoms with van der Waals surface area (Å²) in [5, 5.41) is 8.49. The van der Waals surface area contributed by atoms with Crippen LogP contribution in [0.2, 0.25) is 0 Å². The van der Waals surface area contributed by atoms with Crippen LogP contribution in [-0.4, -0.2) is 34.6 Å². The molecular formula is C13H17N3O2. The molecular weight excluding hydrogens is 230 g/mol. The fourth-order valence-corrected chi connectivity index (χ4v) is 1.35. The molecule has 1 N–H and O–H groups in total. The average molecular weight is 247 g/mol. The maximum absolute atomic E-state index is 10.4. The molecule has 5 nitrogen and oxygen atoms in total. The molecule has 5 heteroatoms. The van der Waals surface area contributed by atoms with Crippen molar-refractivity contribution in [3.05, 3.63) is 36.7 Å². The summed E-state index contributed by atoms with van der Waals surface area (Å²) < 4.78 is 0. The predicted octanol–water partition coefficient (Wildman–Crippen LogP) is 1.98. The van der Waals surface area contributed by atoms with Crippen LogP contribution in [0.25, 0.3) is 6.08 Å². The fourth-order valence-electron chi connectivity index (χ4n) is 1.35. The monoisotopic (exact) mass is 247 g/mol. The minimum Gasteiger partial charge on any atom is -0.478 e. The second-order valence-electron chi connectivity index (χ2n) is 3.84. The number of hydrogen-bond acceptors (Lipinski definition) is 4. The van der Waals surface area contributed by atoms with Crippen molar-refractivity contribution in [2.75, 3.05) is 18.5 Å². The van der Waals surface area contributed by atoms with Crippen molar-refractivity contribution in [1.29, 1.82) is 0 Å². The van der Waals surface area contributed by atoms with E-state index in [0.29, 0.717) is 11.5 Å². The lowest BCUT2D eigenvalue weighted by atomic mass is 10.3. The molecule has 0 atom stereocenters. The molecule has 1 aromatic heterocycles. The van der Waals surface area contributed by atoms with Gasteiger partial charge >= 0.3 is 5.97 Å². The number of carbonyl (C=O) groups is 1. The summed E-state index contributed by atoms with van der Waals surface area (Å²) in [7, 11) is 1.92. The van der Waals surface area contributed by atoms with Crippen LogP contribution in [0.3, 0.4) is 0 Å². The molecule has 1 aromatic rings. The number of allylic oxidation sites excluding steroid dienone is 1. The summed E-state index contributed by atoms with van der Waals surface area (Å²) in [4.78, 5) is 20.7. The minimum atomic E-state index is -0.986. The van der Waals surface area contributed by atoms with Crippen LogP contribution < -0.4 is 4.90 Å². The van der Waals surface area contributed by atoms with E-state index in [1.165, 1.54) is 6.08 Å². The highest BCUT2D eigenvalue weighted by molar-refractivity contribution is 5.85. The van der Waals surface area contributed by atoms with Gasteiger partial charge in [0.1, 0.15) is 0 Å². The van der Waals surface area contributed by atoms with Crippen LogP contribution >= 0.6 is 0 Å². The van der Waals surface area contributed by atoms with Gasteiger partial charge in [0, 0.05) is 37.6 Å². The summed E-state index contributed by atoms with van der Waals surface area (Å²) in [5.41, 5.74) is 0.667. The van der Waals surface area contributed by atoms with Crippen molar-refractivity contribution in [3.63, 3.8) is 0 Å². The number of rotatable bonds is 7. The first-order chi connectivity index (χ1) is 8.63. The van der Waals surface area contributed by atoms with Crippen LogP contribution in [-0.2, 0) is 4.79 Å². The Morgan fingerprint density at radius 1 is 1.50 bits per heavy atom. The van der Waals surface area contributed by atoms with E-state index in [0.717, 1.165) is 25.5 Å². The largest absolute Gasteiger partial charge is 0.478 e. The average Bonchev–Trinajstić information content (AvgIpc) is 2.37. The van der Waals surface area contributed by atoms with E-state index >= 15 is 0 Å². The number of aliphatic carboxylic acids is 1. The standard InChI is InChI=1S/C13H17N3O2/c1-3-4-5-8-16(2)13-14-9-11(10-15-13)6-7-12(17)18/h3,6-7,9-10H,1,4-5,8H2,2H3,(H,17,18)/b7-6+. The molecule has 1 rings (SSSR count). The molecule has 0 aliphatic carbocycles. The molecule has 0 aliphatic heterocycles. The topological polar surface area (TPSA) is 66.3 Å². The number of carboxylic acids is 1. The normalized spacial score (nSPS) is 10.5. The summed E-state index contributed by atoms with van der Waals surface area (Å²) >= 11 is 0. The molecule has 0 fully saturated rings. The van der Waals surface area contributed by atoms with Gasteiger partial charge in [0.2, 0.25) is 5.95 Å². The Hall–Kier alpha value is -2.17. The number of nitrogens with zero attached hydrogens (tertiary/aromatic N) is 3. The second kappa shape index (κ2) is 7.21. The number of unbranched alkanes of at least 4 members (excludes halogenated alkanes) is 1. The van der Waals surface area contributed by atoms with Crippen LogP contribution in [0, 0.1) is 0 Å². The number of anilines is 1. The van der Waals surface area contributed by atoms with Crippen LogP contribution in [0.4, 0.5) is 5.95 Å². The highest BCUT2D eigenvalue weighted by Gasteiger charge is 2.02. The number of aromatic nitrogens is 2. The van der Waals surface area contributed by atoms with Gasteiger partial charge in [-0.1, -0.05) is 6.08 Å². The Morgan fingerprint density at radius 3 is 2.72 bits per heavy atom. The zero-order valence-electron chi connectivity index (χ0n) is 10.4. The smallest absolute Gasteiger partial charge is 0.328 e. The maximum Gasteiger partial charge on any atom is 0.328 e. The van der Waals surface area contributed by atoms with Crippen LogP contribution in [0.5, 0.6) is 0 Å². The molecule has 0 saturated heterocycles. The quantitative estimate of drug-likeness (QED) is 0.453. The van der Waals surface area contributed by atoms with Crippen LogP contribution in [0.15, 0.2) is 31.1 Å². The Kier molecular flexibility index (Phi) is 5.57. The Labute approximate surface area is 106 Å². The van der Waals surface area contributed by atoms with Gasteiger partial charge in [0.25, 0.3) is 0 Å². The Morgan fingerprint density at radius 2 is 2.17 bits per heavy atom. The SMILES string of the molecule is C=CCCCN(C)c1ncc(/C=C/C(=O)O)cn1. The maximum atomic E-state index is 10.4. The second-order valence-corrected chi connectivity index (χ2v) is 3.84. The third-order valence-corrected chi connectivity index (χ3v) is 2.32. The van der Waals surface area contributed by atoms with Gasteiger partial charge in [-0.25, -0.2) is 14.8 Å². The van der Waals surface area contributed by atoms with Gasteiger partial charge in [-0.3, -0.25) is 0 Å². The molecule has 0 spiro atoms. The molecule has 0 amide bonds. The fraction of sp³-hybridized carbons (Fsp3) is 0.308. The molecule has 0 aromatic carbocycles. The van der Waals surface area contributed by atoms with E-state index in [9.17, 15) is 4.79 Å². The molecule has 0 unspecified atom stereocenters. The highest BCUT2D eigenvalue weighted by Crippen LogP contribution is 2.07. The Bertz CT molecular complexity index is 426. The third kappa shape index (κ3) is 4.78. The first kappa shape index (κ1) is 13.9. The minimum absolute atomic E-state index is 0.631. The lowest BCUT2D eigenvalue weighted by Crippen LogP contribution is -2.20. The van der Waals surface area contributed by atoms with Crippen molar-refractivity contribution >= 4 is 18.0 Å². The number of hydrogen-bond donors (Lipinski definition) is 1. The predicted molar refractivity (Wildman–Crippen MR) is 71.4 cm³/mol. The van der Waals surface area contributed by atoms with Gasteiger partial charge < -0.3 is 10.0 Å². The van der Waals surface area contributed by atoms with Crippen molar-refractivity contribution in [2.45, 2.75) is 12.8 Å². The van der Waals surface area contributed by atoms with E-state index < -0.39 is 5.97 Å². The Balaban J connectivity index is 2.58. The lowest BCUT2D eigenvalue weighted by molar-refractivity contribution is -0.131. The van der Waals surface area contributed by atoms with E-state index in [2.05, 4.69) is 16.5 Å². The van der Waals surface area contributed by atoms with E-state index in [4.69, 9.17) is 5.11 Å². The van der Waals surface area contributed by atoms with Gasteiger partial charge in [-0.05, 0) is 18.9 Å². The van der Waals surface area contributed by atoms with Gasteiger partial charge in [-0.15, -0.1) is 6.58 Å². The van der Waals surface area contributed by atoms with Crippen LogP contribution in [0.1, 0.15) is 18.4 Å². The third-order valence-electron chi connectivity index (χ3n) is 2.32. The molecule has 18 heavy (non-hydrogen) atoms. The molecule has 0 aliphatic rings. The van der Waals surface area contributed by atoms with E-state index in [1.807, 2.05) is 18.0 Å². The van der Waals surface area contributed by atoms with E-state index in [-0.39, 0.29) is 0 Å². The van der Waals surface area contributed by atoms with Gasteiger partial charge in [-0.2, -0.15) is 0 Å². The van der Waals surface area contributed by atoms with Crippen molar-refractivity contribution in [2.24, 2.45) is 0 Å². The van der Waals surface area contributed by atoms with E-state index in [1.54, 1.807) is 12.4 Å².